The molecule has 0 aromatic rings. The Bertz CT molecular complexity index is 1820. The van der Waals surface area contributed by atoms with E-state index in [4.69, 9.17) is 28.4 Å². The molecule has 7 fully saturated rings. The Morgan fingerprint density at radius 1 is 0.701 bits per heavy atom. The van der Waals surface area contributed by atoms with E-state index in [1.165, 1.54) is 12.5 Å². The van der Waals surface area contributed by atoms with Crippen LogP contribution in [0.2, 0.25) is 0 Å². The Morgan fingerprint density at radius 2 is 1.34 bits per heavy atom. The fourth-order valence-electron chi connectivity index (χ4n) is 15.6. The molecule has 19 nitrogen and oxygen atoms in total. The van der Waals surface area contributed by atoms with Gasteiger partial charge in [0.15, 0.2) is 12.6 Å². The van der Waals surface area contributed by atoms with Crippen molar-refractivity contribution < 1.29 is 94.5 Å². The van der Waals surface area contributed by atoms with Gasteiger partial charge < -0.3 is 89.7 Å². The summed E-state index contributed by atoms with van der Waals surface area (Å²) in [5.74, 6) is -0.496. The lowest BCUT2D eigenvalue weighted by atomic mass is 9.31. The minimum atomic E-state index is -1.86. The summed E-state index contributed by atoms with van der Waals surface area (Å²) in [5.41, 5.74) is -1.48. The average molecular weight is 959 g/mol. The van der Waals surface area contributed by atoms with E-state index < -0.39 is 134 Å². The van der Waals surface area contributed by atoms with Gasteiger partial charge in [0.25, 0.3) is 0 Å². The van der Waals surface area contributed by atoms with Gasteiger partial charge in [-0.25, -0.2) is 0 Å². The van der Waals surface area contributed by atoms with Crippen LogP contribution in [0.25, 0.3) is 0 Å². The second-order valence-electron chi connectivity index (χ2n) is 22.9. The quantitative estimate of drug-likeness (QED) is 0.0971. The molecule has 0 aromatic heterocycles. The second kappa shape index (κ2) is 18.5. The lowest BCUT2D eigenvalue weighted by molar-refractivity contribution is -0.361. The van der Waals surface area contributed by atoms with Gasteiger partial charge in [0.1, 0.15) is 67.1 Å². The normalized spacial score (nSPS) is 56.7. The van der Waals surface area contributed by atoms with Crippen molar-refractivity contribution in [3.8, 4) is 0 Å². The zero-order valence-electron chi connectivity index (χ0n) is 39.8. The highest BCUT2D eigenvalue weighted by molar-refractivity contribution is 5.78. The summed E-state index contributed by atoms with van der Waals surface area (Å²) < 4.78 is 34.7. The van der Waals surface area contributed by atoms with E-state index in [-0.39, 0.29) is 52.4 Å². The van der Waals surface area contributed by atoms with Gasteiger partial charge in [-0.15, -0.1) is 0 Å². The highest BCUT2D eigenvalue weighted by Gasteiger charge is 2.72. The number of hydrogen-bond donors (Lipinski definition) is 12. The first-order chi connectivity index (χ1) is 31.4. The Labute approximate surface area is 392 Å². The largest absolute Gasteiger partial charge is 0.432 e. The SMILES string of the molecule is CC1=CC[C@]2(C(=O)O[C@@H]3O[C@H](CO[C@@H]4O[C@H](CO)[C@@H](O[C@@H]5O[C@@H](C)[C@H](O)[C@@H](O)[C@H]5O)[C@H](O)[C@H]4O)[C@@H](O)[C@H](O)[C@H]3O)CC[C@]3(C)[C@H](CC[C@@H]4[C@@]5(C)C[C@@H](O)[C@H](O)[C@@](C)(CO)[C@@H]5CC[C@]43C)[C@@H]2[C@@H]1C. The minimum absolute atomic E-state index is 0.00890. The van der Waals surface area contributed by atoms with Crippen LogP contribution < -0.4 is 0 Å². The lowest BCUT2D eigenvalue weighted by Gasteiger charge is -2.73. The van der Waals surface area contributed by atoms with E-state index in [1.807, 2.05) is 6.92 Å². The van der Waals surface area contributed by atoms with Gasteiger partial charge in [0.05, 0.1) is 43.5 Å². The Hall–Kier alpha value is -1.47. The summed E-state index contributed by atoms with van der Waals surface area (Å²) in [5, 5.41) is 130. The third-order valence-electron chi connectivity index (χ3n) is 19.9. The number of rotatable bonds is 9. The minimum Gasteiger partial charge on any atom is -0.432 e. The highest BCUT2D eigenvalue weighted by atomic mass is 16.8. The number of carbonyl (C=O) groups excluding carboxylic acids is 1. The number of ether oxygens (including phenoxy) is 6. The standard InChI is InChI=1S/C48H78O19/c1-20-10-13-48(15-14-46(6)23(29(48)21(20)2)8-9-28-44(4)16-24(51)39(60)45(5,19-50)27(44)11-12-47(28,46)7)43(61)67-42-36(58)33(55)31(53)26(65-42)18-62-40-37(59)34(56)38(25(17-49)64-40)66-41-35(57)32(54)30(52)22(3)63-41/h10,21-42,49-60H,8-9,11-19H2,1-7H3/t21-,22+,23-,24-,25-,26-,27-,28-,29+,30+,31-,32-,33+,34-,35-,36-,37-,38-,39+,40-,41+,42+,44+,45+,46-,47-,48+/m1/s1. The van der Waals surface area contributed by atoms with E-state index in [2.05, 4.69) is 40.7 Å². The molecule has 0 aromatic carbocycles. The van der Waals surface area contributed by atoms with Crippen molar-refractivity contribution in [1.82, 2.24) is 0 Å². The van der Waals surface area contributed by atoms with Crippen molar-refractivity contribution in [2.45, 2.75) is 204 Å². The number of aliphatic hydroxyl groups is 12. The summed E-state index contributed by atoms with van der Waals surface area (Å²) >= 11 is 0. The van der Waals surface area contributed by atoms with Gasteiger partial charge in [-0.1, -0.05) is 46.3 Å². The molecule has 3 saturated heterocycles. The van der Waals surface area contributed by atoms with E-state index in [0.717, 1.165) is 25.7 Å². The van der Waals surface area contributed by atoms with Crippen molar-refractivity contribution in [3.05, 3.63) is 11.6 Å². The van der Waals surface area contributed by atoms with E-state index in [0.29, 0.717) is 25.7 Å². The van der Waals surface area contributed by atoms with E-state index in [9.17, 15) is 61.3 Å². The van der Waals surface area contributed by atoms with Gasteiger partial charge in [0, 0.05) is 5.41 Å². The fourth-order valence-corrected chi connectivity index (χ4v) is 15.6. The summed E-state index contributed by atoms with van der Waals surface area (Å²) in [4.78, 5) is 15.0. The third-order valence-corrected chi connectivity index (χ3v) is 19.9. The summed E-state index contributed by atoms with van der Waals surface area (Å²) in [6, 6.07) is 0. The van der Waals surface area contributed by atoms with Crippen LogP contribution in [-0.2, 0) is 33.2 Å². The van der Waals surface area contributed by atoms with Crippen LogP contribution in [0.15, 0.2) is 11.6 Å². The maximum Gasteiger partial charge on any atom is 0.315 e. The molecule has 0 bridgehead atoms. The van der Waals surface area contributed by atoms with Gasteiger partial charge in [-0.05, 0) is 111 Å². The van der Waals surface area contributed by atoms with E-state index in [1.54, 1.807) is 0 Å². The number of hydrogen-bond acceptors (Lipinski definition) is 19. The van der Waals surface area contributed by atoms with Crippen LogP contribution in [0.1, 0.15) is 99.8 Å². The van der Waals surface area contributed by atoms with Crippen LogP contribution in [0.5, 0.6) is 0 Å². The molecule has 67 heavy (non-hydrogen) atoms. The number of aliphatic hydroxyl groups excluding tert-OH is 12. The zero-order valence-corrected chi connectivity index (χ0v) is 39.8. The lowest BCUT2D eigenvalue weighted by Crippen LogP contribution is -2.70. The fraction of sp³-hybridized carbons (Fsp3) is 0.938. The first-order valence-electron chi connectivity index (χ1n) is 24.5. The number of allylic oxidation sites excluding steroid dienone is 2. The molecule has 384 valence electrons. The van der Waals surface area contributed by atoms with Crippen LogP contribution >= 0.6 is 0 Å². The van der Waals surface area contributed by atoms with Crippen LogP contribution in [0.4, 0.5) is 0 Å². The molecule has 3 aliphatic heterocycles. The molecule has 0 radical (unpaired) electrons. The maximum atomic E-state index is 15.0. The molecule has 19 heteroatoms. The molecule has 8 aliphatic rings. The number of carbonyl (C=O) groups is 1. The summed E-state index contributed by atoms with van der Waals surface area (Å²) in [6.45, 7) is 12.9. The van der Waals surface area contributed by atoms with Gasteiger partial charge >= 0.3 is 5.97 Å². The number of fused-ring (bicyclic) bond motifs is 7. The molecular formula is C48H78O19. The Morgan fingerprint density at radius 3 is 2.01 bits per heavy atom. The summed E-state index contributed by atoms with van der Waals surface area (Å²) in [7, 11) is 0. The van der Waals surface area contributed by atoms with Crippen molar-refractivity contribution in [3.63, 3.8) is 0 Å². The van der Waals surface area contributed by atoms with Crippen molar-refractivity contribution in [2.24, 2.45) is 56.7 Å². The first kappa shape index (κ1) is 51.9. The maximum absolute atomic E-state index is 15.0. The molecule has 12 N–H and O–H groups in total. The monoisotopic (exact) mass is 959 g/mol. The molecule has 3 heterocycles. The van der Waals surface area contributed by atoms with Gasteiger partial charge in [-0.2, -0.15) is 0 Å². The Kier molecular flexibility index (Phi) is 14.4. The van der Waals surface area contributed by atoms with Crippen molar-refractivity contribution in [2.75, 3.05) is 19.8 Å². The molecule has 8 rings (SSSR count). The Balaban J connectivity index is 0.972. The van der Waals surface area contributed by atoms with Crippen molar-refractivity contribution >= 4 is 5.97 Å². The molecular weight excluding hydrogens is 881 g/mol. The predicted octanol–water partition coefficient (Wildman–Crippen LogP) is -1.03. The molecule has 0 amide bonds. The van der Waals surface area contributed by atoms with E-state index >= 15 is 4.79 Å². The average Bonchev–Trinajstić information content (AvgIpc) is 3.29. The predicted molar refractivity (Wildman–Crippen MR) is 231 cm³/mol. The van der Waals surface area contributed by atoms with Crippen LogP contribution in [-0.4, -0.2) is 191 Å². The van der Waals surface area contributed by atoms with Gasteiger partial charge in [-0.3, -0.25) is 4.79 Å². The van der Waals surface area contributed by atoms with Crippen molar-refractivity contribution in [1.29, 1.82) is 0 Å². The second-order valence-corrected chi connectivity index (χ2v) is 22.9. The van der Waals surface area contributed by atoms with Crippen LogP contribution in [0, 0.1) is 56.7 Å². The topological polar surface area (TPSA) is 315 Å². The first-order valence-corrected chi connectivity index (χ1v) is 24.5. The third kappa shape index (κ3) is 7.92. The molecule has 0 spiro atoms. The zero-order chi connectivity index (χ0) is 49.1. The van der Waals surface area contributed by atoms with Crippen LogP contribution in [0.3, 0.4) is 0 Å². The molecule has 0 unspecified atom stereocenters. The number of esters is 1. The highest BCUT2D eigenvalue weighted by Crippen LogP contribution is 2.77. The molecule has 5 aliphatic carbocycles. The molecule has 4 saturated carbocycles. The molecule has 27 atom stereocenters. The van der Waals surface area contributed by atoms with Gasteiger partial charge in [0.2, 0.25) is 6.29 Å². The summed E-state index contributed by atoms with van der Waals surface area (Å²) in [6.07, 6.45) is -18.9. The smallest absolute Gasteiger partial charge is 0.315 e.